The van der Waals surface area contributed by atoms with E-state index in [1.54, 1.807) is 12.1 Å². The number of anilines is 1. The number of hydrogen-bond acceptors (Lipinski definition) is 4. The van der Waals surface area contributed by atoms with Crippen LogP contribution < -0.4 is 10.6 Å². The first kappa shape index (κ1) is 21.4. The maximum atomic E-state index is 13.1. The van der Waals surface area contributed by atoms with Crippen molar-refractivity contribution < 1.29 is 23.5 Å². The maximum Gasteiger partial charge on any atom is 0.326 e. The number of halogens is 2. The average molecular weight is 407 g/mol. The van der Waals surface area contributed by atoms with Crippen molar-refractivity contribution in [2.45, 2.75) is 26.9 Å². The Labute approximate surface area is 167 Å². The van der Waals surface area contributed by atoms with Gasteiger partial charge in [-0.2, -0.15) is 0 Å². The lowest BCUT2D eigenvalue weighted by Crippen LogP contribution is -2.35. The summed E-state index contributed by atoms with van der Waals surface area (Å²) in [6.45, 7) is 4.81. The summed E-state index contributed by atoms with van der Waals surface area (Å²) in [4.78, 5) is 36.0. The van der Waals surface area contributed by atoms with Crippen LogP contribution in [-0.2, 0) is 14.3 Å². The molecule has 0 aliphatic rings. The third-order valence-corrected chi connectivity index (χ3v) is 4.32. The number of hydrogen-bond donors (Lipinski definition) is 2. The van der Waals surface area contributed by atoms with Gasteiger partial charge in [-0.1, -0.05) is 17.7 Å². The molecular weight excluding hydrogens is 387 g/mol. The van der Waals surface area contributed by atoms with Crippen molar-refractivity contribution in [3.63, 3.8) is 0 Å². The summed E-state index contributed by atoms with van der Waals surface area (Å²) in [5.74, 6) is -2.41. The molecule has 0 aliphatic carbocycles. The first-order chi connectivity index (χ1) is 13.2. The Morgan fingerprint density at radius 3 is 2.46 bits per heavy atom. The van der Waals surface area contributed by atoms with Gasteiger partial charge in [-0.15, -0.1) is 0 Å². The lowest BCUT2D eigenvalue weighted by molar-refractivity contribution is -0.152. The van der Waals surface area contributed by atoms with Crippen LogP contribution >= 0.6 is 11.6 Å². The van der Waals surface area contributed by atoms with Crippen LogP contribution in [0.25, 0.3) is 0 Å². The van der Waals surface area contributed by atoms with Gasteiger partial charge in [0.05, 0.1) is 5.02 Å². The monoisotopic (exact) mass is 406 g/mol. The molecule has 6 nitrogen and oxygen atoms in total. The van der Waals surface area contributed by atoms with E-state index in [0.717, 1.165) is 17.2 Å². The SMILES string of the molecule is Cc1ccc(C(=O)NCC(=O)O[C@@H](C)C(=O)Nc2ccc(F)c(Cl)c2)cc1C. The molecule has 0 unspecified atom stereocenters. The fourth-order valence-electron chi connectivity index (χ4n) is 2.25. The Bertz CT molecular complexity index is 917. The Balaban J connectivity index is 1.84. The highest BCUT2D eigenvalue weighted by molar-refractivity contribution is 6.31. The number of carbonyl (C=O) groups is 3. The van der Waals surface area contributed by atoms with Crippen molar-refractivity contribution in [2.24, 2.45) is 0 Å². The van der Waals surface area contributed by atoms with Crippen LogP contribution in [0.3, 0.4) is 0 Å². The summed E-state index contributed by atoms with van der Waals surface area (Å²) in [6, 6.07) is 8.88. The van der Waals surface area contributed by atoms with Crippen LogP contribution in [0.2, 0.25) is 5.02 Å². The molecule has 0 bridgehead atoms. The van der Waals surface area contributed by atoms with Gasteiger partial charge in [0, 0.05) is 11.3 Å². The van der Waals surface area contributed by atoms with Crippen LogP contribution in [0.1, 0.15) is 28.4 Å². The number of amides is 2. The molecule has 2 N–H and O–H groups in total. The lowest BCUT2D eigenvalue weighted by Gasteiger charge is -2.14. The summed E-state index contributed by atoms with van der Waals surface area (Å²) < 4.78 is 18.1. The van der Waals surface area contributed by atoms with Crippen LogP contribution in [0.5, 0.6) is 0 Å². The first-order valence-electron chi connectivity index (χ1n) is 8.48. The second kappa shape index (κ2) is 9.32. The van der Waals surface area contributed by atoms with Gasteiger partial charge in [0.2, 0.25) is 0 Å². The van der Waals surface area contributed by atoms with Gasteiger partial charge in [0.1, 0.15) is 12.4 Å². The Kier molecular flexibility index (Phi) is 7.12. The molecule has 1 atom stereocenters. The summed E-state index contributed by atoms with van der Waals surface area (Å²) in [7, 11) is 0. The molecule has 0 saturated carbocycles. The number of benzene rings is 2. The van der Waals surface area contributed by atoms with Gasteiger partial charge in [-0.3, -0.25) is 14.4 Å². The molecule has 2 aromatic carbocycles. The lowest BCUT2D eigenvalue weighted by atomic mass is 10.1. The largest absolute Gasteiger partial charge is 0.451 e. The standard InChI is InChI=1S/C20H20ClFN2O4/c1-11-4-5-14(8-12(11)2)20(27)23-10-18(25)28-13(3)19(26)24-15-6-7-17(22)16(21)9-15/h4-9,13H,10H2,1-3H3,(H,23,27)(H,24,26)/t13-/m0/s1. The molecule has 0 spiro atoms. The molecule has 8 heteroatoms. The normalized spacial score (nSPS) is 11.5. The minimum Gasteiger partial charge on any atom is -0.451 e. The summed E-state index contributed by atoms with van der Waals surface area (Å²) in [6.07, 6.45) is -1.12. The minimum atomic E-state index is -1.12. The molecule has 0 fully saturated rings. The Hall–Kier alpha value is -2.93. The third-order valence-electron chi connectivity index (χ3n) is 4.03. The molecule has 0 radical (unpaired) electrons. The smallest absolute Gasteiger partial charge is 0.326 e. The van der Waals surface area contributed by atoms with Crippen LogP contribution in [0, 0.1) is 19.7 Å². The highest BCUT2D eigenvalue weighted by Crippen LogP contribution is 2.19. The fraction of sp³-hybridized carbons (Fsp3) is 0.250. The molecule has 148 valence electrons. The number of carbonyl (C=O) groups excluding carboxylic acids is 3. The molecule has 2 amide bonds. The van der Waals surface area contributed by atoms with Crippen LogP contribution in [0.15, 0.2) is 36.4 Å². The van der Waals surface area contributed by atoms with Crippen molar-refractivity contribution in [3.05, 3.63) is 63.9 Å². The third kappa shape index (κ3) is 5.79. The van der Waals surface area contributed by atoms with Crippen molar-refractivity contribution in [1.29, 1.82) is 0 Å². The van der Waals surface area contributed by atoms with Crippen molar-refractivity contribution >= 4 is 35.1 Å². The summed E-state index contributed by atoms with van der Waals surface area (Å²) >= 11 is 5.65. The van der Waals surface area contributed by atoms with E-state index < -0.39 is 29.7 Å². The van der Waals surface area contributed by atoms with Crippen molar-refractivity contribution in [2.75, 3.05) is 11.9 Å². The number of rotatable bonds is 6. The highest BCUT2D eigenvalue weighted by Gasteiger charge is 2.19. The van der Waals surface area contributed by atoms with E-state index in [2.05, 4.69) is 10.6 Å². The van der Waals surface area contributed by atoms with Crippen LogP contribution in [0.4, 0.5) is 10.1 Å². The van der Waals surface area contributed by atoms with Gasteiger partial charge in [0.25, 0.3) is 11.8 Å². The zero-order chi connectivity index (χ0) is 20.8. The molecule has 0 aliphatic heterocycles. The van der Waals surface area contributed by atoms with E-state index in [-0.39, 0.29) is 17.3 Å². The van der Waals surface area contributed by atoms with Gasteiger partial charge in [-0.25, -0.2) is 4.39 Å². The number of esters is 1. The highest BCUT2D eigenvalue weighted by atomic mass is 35.5. The van der Waals surface area contributed by atoms with Crippen molar-refractivity contribution in [3.8, 4) is 0 Å². The topological polar surface area (TPSA) is 84.5 Å². The van der Waals surface area contributed by atoms with Gasteiger partial charge in [-0.05, 0) is 62.2 Å². The zero-order valence-electron chi connectivity index (χ0n) is 15.6. The maximum absolute atomic E-state index is 13.1. The molecule has 28 heavy (non-hydrogen) atoms. The second-order valence-corrected chi connectivity index (χ2v) is 6.64. The first-order valence-corrected chi connectivity index (χ1v) is 8.86. The molecule has 2 aromatic rings. The number of nitrogens with one attached hydrogen (secondary N) is 2. The Morgan fingerprint density at radius 1 is 1.11 bits per heavy atom. The second-order valence-electron chi connectivity index (χ2n) is 6.23. The summed E-state index contributed by atoms with van der Waals surface area (Å²) in [5, 5.41) is 4.77. The predicted octanol–water partition coefficient (Wildman–Crippen LogP) is 3.40. The minimum absolute atomic E-state index is 0.142. The van der Waals surface area contributed by atoms with Gasteiger partial charge in [0.15, 0.2) is 6.10 Å². The van der Waals surface area contributed by atoms with E-state index in [0.29, 0.717) is 5.56 Å². The average Bonchev–Trinajstić information content (AvgIpc) is 2.64. The molecule has 0 saturated heterocycles. The fourth-order valence-corrected chi connectivity index (χ4v) is 2.43. The molecular formula is C20H20ClFN2O4. The van der Waals surface area contributed by atoms with Gasteiger partial charge < -0.3 is 15.4 Å². The molecule has 0 aromatic heterocycles. The quantitative estimate of drug-likeness (QED) is 0.720. The van der Waals surface area contributed by atoms with Crippen molar-refractivity contribution in [1.82, 2.24) is 5.32 Å². The van der Waals surface area contributed by atoms with E-state index in [9.17, 15) is 18.8 Å². The summed E-state index contributed by atoms with van der Waals surface area (Å²) in [5.41, 5.74) is 2.71. The molecule has 2 rings (SSSR count). The Morgan fingerprint density at radius 2 is 1.82 bits per heavy atom. The van der Waals surface area contributed by atoms with Crippen LogP contribution in [-0.4, -0.2) is 30.4 Å². The van der Waals surface area contributed by atoms with E-state index >= 15 is 0 Å². The predicted molar refractivity (Wildman–Crippen MR) is 104 cm³/mol. The van der Waals surface area contributed by atoms with Gasteiger partial charge >= 0.3 is 5.97 Å². The van der Waals surface area contributed by atoms with E-state index in [4.69, 9.17) is 16.3 Å². The zero-order valence-corrected chi connectivity index (χ0v) is 16.4. The number of ether oxygens (including phenoxy) is 1. The van der Waals surface area contributed by atoms with E-state index in [1.807, 2.05) is 19.9 Å². The van der Waals surface area contributed by atoms with E-state index in [1.165, 1.54) is 19.1 Å². The number of aryl methyl sites for hydroxylation is 2. The molecule has 0 heterocycles.